The lowest BCUT2D eigenvalue weighted by Crippen LogP contribution is -2.13. The number of aromatic nitrogens is 3. The number of hydrogen-bond donors (Lipinski definition) is 0. The van der Waals surface area contributed by atoms with Gasteiger partial charge in [-0.2, -0.15) is 15.0 Å². The summed E-state index contributed by atoms with van der Waals surface area (Å²) in [6.45, 7) is 6.21. The molecule has 0 saturated heterocycles. The van der Waals surface area contributed by atoms with Crippen LogP contribution in [0.5, 0.6) is 17.5 Å². The van der Waals surface area contributed by atoms with E-state index in [9.17, 15) is 0 Å². The third kappa shape index (κ3) is 3.95. The van der Waals surface area contributed by atoms with E-state index < -0.39 is 0 Å². The van der Waals surface area contributed by atoms with E-state index in [4.69, 9.17) is 32.7 Å². The lowest BCUT2D eigenvalue weighted by atomic mass is 9.86. The predicted molar refractivity (Wildman–Crippen MR) is 81.6 cm³/mol. The van der Waals surface area contributed by atoms with Gasteiger partial charge in [-0.25, -0.2) is 0 Å². The van der Waals surface area contributed by atoms with Gasteiger partial charge < -0.3 is 9.47 Å². The number of methoxy groups -OCH3 is 1. The first-order chi connectivity index (χ1) is 9.79. The maximum Gasteiger partial charge on any atom is 0.327 e. The highest BCUT2D eigenvalue weighted by Gasteiger charge is 2.21. The van der Waals surface area contributed by atoms with Crippen LogP contribution < -0.4 is 9.47 Å². The van der Waals surface area contributed by atoms with Gasteiger partial charge in [0.2, 0.25) is 10.6 Å². The molecule has 5 nitrogen and oxygen atoms in total. The van der Waals surface area contributed by atoms with E-state index in [-0.39, 0.29) is 22.0 Å². The van der Waals surface area contributed by atoms with Gasteiger partial charge in [-0.1, -0.05) is 20.8 Å². The highest BCUT2D eigenvalue weighted by atomic mass is 35.5. The minimum absolute atomic E-state index is 0.0178. The molecule has 0 amide bonds. The molecular formula is C14H15Cl2N3O2. The van der Waals surface area contributed by atoms with Crippen LogP contribution in [0.2, 0.25) is 10.6 Å². The zero-order chi connectivity index (χ0) is 15.6. The fourth-order valence-electron chi connectivity index (χ4n) is 1.76. The lowest BCUT2D eigenvalue weighted by molar-refractivity contribution is 0.400. The second kappa shape index (κ2) is 6.03. The molecule has 0 radical (unpaired) electrons. The SMILES string of the molecule is COc1ccc(Oc2nc(Cl)nc(Cl)n2)c(C(C)(C)C)c1. The zero-order valence-corrected chi connectivity index (χ0v) is 13.7. The van der Waals surface area contributed by atoms with Crippen LogP contribution in [0.15, 0.2) is 18.2 Å². The molecule has 1 aromatic heterocycles. The summed E-state index contributed by atoms with van der Waals surface area (Å²) in [6.07, 6.45) is 0. The zero-order valence-electron chi connectivity index (χ0n) is 12.1. The first-order valence-corrected chi connectivity index (χ1v) is 6.98. The Morgan fingerprint density at radius 1 is 1.00 bits per heavy atom. The van der Waals surface area contributed by atoms with Crippen LogP contribution in [0.4, 0.5) is 0 Å². The Kier molecular flexibility index (Phi) is 4.54. The third-order valence-electron chi connectivity index (χ3n) is 2.76. The second-order valence-corrected chi connectivity index (χ2v) is 6.05. The minimum Gasteiger partial charge on any atom is -0.497 e. The number of rotatable bonds is 3. The molecule has 0 fully saturated rings. The largest absolute Gasteiger partial charge is 0.497 e. The van der Waals surface area contributed by atoms with Crippen molar-refractivity contribution in [2.45, 2.75) is 26.2 Å². The molecule has 7 heteroatoms. The van der Waals surface area contributed by atoms with Crippen molar-refractivity contribution in [3.8, 4) is 17.5 Å². The summed E-state index contributed by atoms with van der Waals surface area (Å²) in [6, 6.07) is 5.57. The van der Waals surface area contributed by atoms with Crippen LogP contribution in [0.3, 0.4) is 0 Å². The summed E-state index contributed by atoms with van der Waals surface area (Å²) in [4.78, 5) is 11.5. The first kappa shape index (κ1) is 15.8. The molecule has 0 unspecified atom stereocenters. The molecule has 0 aliphatic heterocycles. The van der Waals surface area contributed by atoms with Crippen molar-refractivity contribution in [3.63, 3.8) is 0 Å². The fraction of sp³-hybridized carbons (Fsp3) is 0.357. The molecule has 0 bridgehead atoms. The Balaban J connectivity index is 2.43. The van der Waals surface area contributed by atoms with E-state index in [1.807, 2.05) is 6.07 Å². The Morgan fingerprint density at radius 2 is 1.62 bits per heavy atom. The quantitative estimate of drug-likeness (QED) is 0.842. The highest BCUT2D eigenvalue weighted by molar-refractivity contribution is 6.31. The van der Waals surface area contributed by atoms with Gasteiger partial charge in [0.25, 0.3) is 0 Å². The van der Waals surface area contributed by atoms with Crippen LogP contribution in [0, 0.1) is 0 Å². The summed E-state index contributed by atoms with van der Waals surface area (Å²) in [5.74, 6) is 1.36. The van der Waals surface area contributed by atoms with E-state index in [1.165, 1.54) is 0 Å². The van der Waals surface area contributed by atoms with E-state index >= 15 is 0 Å². The molecule has 0 aliphatic rings. The van der Waals surface area contributed by atoms with Gasteiger partial charge in [0.05, 0.1) is 7.11 Å². The van der Waals surface area contributed by atoms with Crippen molar-refractivity contribution in [2.75, 3.05) is 7.11 Å². The monoisotopic (exact) mass is 327 g/mol. The molecule has 0 saturated carbocycles. The van der Waals surface area contributed by atoms with Crippen molar-refractivity contribution in [1.82, 2.24) is 15.0 Å². The van der Waals surface area contributed by atoms with E-state index in [2.05, 4.69) is 35.7 Å². The topological polar surface area (TPSA) is 57.1 Å². The molecule has 1 heterocycles. The van der Waals surface area contributed by atoms with Crippen molar-refractivity contribution >= 4 is 23.2 Å². The molecular weight excluding hydrogens is 313 g/mol. The lowest BCUT2D eigenvalue weighted by Gasteiger charge is -2.22. The minimum atomic E-state index is -0.148. The average molecular weight is 328 g/mol. The third-order valence-corrected chi connectivity index (χ3v) is 3.09. The number of hydrogen-bond acceptors (Lipinski definition) is 5. The molecule has 0 aliphatic carbocycles. The van der Waals surface area contributed by atoms with Gasteiger partial charge in [0.1, 0.15) is 11.5 Å². The summed E-state index contributed by atoms with van der Waals surface area (Å²) >= 11 is 11.5. The van der Waals surface area contributed by atoms with Crippen molar-refractivity contribution < 1.29 is 9.47 Å². The Hall–Kier alpha value is -1.59. The summed E-state index contributed by atoms with van der Waals surface area (Å²) in [5, 5.41) is -0.0355. The Labute approximate surface area is 133 Å². The van der Waals surface area contributed by atoms with Crippen LogP contribution in [-0.2, 0) is 5.41 Å². The van der Waals surface area contributed by atoms with Crippen LogP contribution in [-0.4, -0.2) is 22.1 Å². The van der Waals surface area contributed by atoms with Crippen LogP contribution >= 0.6 is 23.2 Å². The van der Waals surface area contributed by atoms with Gasteiger partial charge in [-0.15, -0.1) is 0 Å². The van der Waals surface area contributed by atoms with E-state index in [1.54, 1.807) is 19.2 Å². The van der Waals surface area contributed by atoms with Crippen molar-refractivity contribution in [3.05, 3.63) is 34.3 Å². The van der Waals surface area contributed by atoms with Gasteiger partial charge in [-0.3, -0.25) is 0 Å². The smallest absolute Gasteiger partial charge is 0.327 e. The molecule has 21 heavy (non-hydrogen) atoms. The normalized spacial score (nSPS) is 11.3. The van der Waals surface area contributed by atoms with Gasteiger partial charge in [0, 0.05) is 5.56 Å². The molecule has 0 N–H and O–H groups in total. The summed E-state index contributed by atoms with van der Waals surface area (Å²) in [7, 11) is 1.62. The first-order valence-electron chi connectivity index (χ1n) is 6.23. The van der Waals surface area contributed by atoms with Gasteiger partial charge in [0.15, 0.2) is 0 Å². The van der Waals surface area contributed by atoms with Crippen LogP contribution in [0.1, 0.15) is 26.3 Å². The highest BCUT2D eigenvalue weighted by Crippen LogP contribution is 2.36. The van der Waals surface area contributed by atoms with E-state index in [0.717, 1.165) is 11.3 Å². The number of halogens is 2. The maximum absolute atomic E-state index is 5.75. The summed E-state index contributed by atoms with van der Waals surface area (Å²) < 4.78 is 11.0. The molecule has 112 valence electrons. The molecule has 2 rings (SSSR count). The van der Waals surface area contributed by atoms with Crippen LogP contribution in [0.25, 0.3) is 0 Å². The average Bonchev–Trinajstić information content (AvgIpc) is 2.36. The number of nitrogens with zero attached hydrogens (tertiary/aromatic N) is 3. The Bertz CT molecular complexity index is 637. The molecule has 2 aromatic rings. The van der Waals surface area contributed by atoms with Gasteiger partial charge in [-0.05, 0) is 46.8 Å². The van der Waals surface area contributed by atoms with Crippen molar-refractivity contribution in [1.29, 1.82) is 0 Å². The summed E-state index contributed by atoms with van der Waals surface area (Å²) in [5.41, 5.74) is 0.805. The number of ether oxygens (including phenoxy) is 2. The Morgan fingerprint density at radius 3 is 2.14 bits per heavy atom. The second-order valence-electron chi connectivity index (χ2n) is 5.37. The number of benzene rings is 1. The molecule has 1 aromatic carbocycles. The van der Waals surface area contributed by atoms with Gasteiger partial charge >= 0.3 is 6.01 Å². The molecule has 0 spiro atoms. The van der Waals surface area contributed by atoms with E-state index in [0.29, 0.717) is 5.75 Å². The standard InChI is InChI=1S/C14H15Cl2N3O2/c1-14(2,3)9-7-8(20-4)5-6-10(9)21-13-18-11(15)17-12(16)19-13/h5-7H,1-4H3. The molecule has 0 atom stereocenters. The predicted octanol–water partition coefficient (Wildman–Crippen LogP) is 4.28. The maximum atomic E-state index is 5.75. The fourth-order valence-corrected chi connectivity index (χ4v) is 2.11. The van der Waals surface area contributed by atoms with Crippen molar-refractivity contribution in [2.24, 2.45) is 0 Å².